The Kier molecular flexibility index (Phi) is 4.42. The summed E-state index contributed by atoms with van der Waals surface area (Å²) >= 11 is 0. The first-order valence-corrected chi connectivity index (χ1v) is 9.66. The van der Waals surface area contributed by atoms with Crippen molar-refractivity contribution in [3.8, 4) is 6.07 Å². The molecule has 1 spiro atoms. The van der Waals surface area contributed by atoms with Crippen molar-refractivity contribution in [1.82, 2.24) is 10.2 Å². The first-order chi connectivity index (χ1) is 12.4. The summed E-state index contributed by atoms with van der Waals surface area (Å²) in [6, 6.07) is 1.69. The molecule has 4 rings (SSSR count). The number of carbonyl (C=O) groups is 2. The zero-order chi connectivity index (χ0) is 18.5. The van der Waals surface area contributed by atoms with E-state index < -0.39 is 12.2 Å². The van der Waals surface area contributed by atoms with Gasteiger partial charge in [0.15, 0.2) is 0 Å². The number of rotatable bonds is 4. The normalized spacial score (nSPS) is 39.7. The second-order valence-electron chi connectivity index (χ2n) is 8.50. The van der Waals surface area contributed by atoms with Crippen molar-refractivity contribution in [2.45, 2.75) is 69.8 Å². The van der Waals surface area contributed by atoms with E-state index in [1.165, 1.54) is 11.8 Å². The van der Waals surface area contributed by atoms with E-state index in [9.17, 15) is 14.0 Å². The van der Waals surface area contributed by atoms with E-state index in [0.29, 0.717) is 17.9 Å². The zero-order valence-corrected chi connectivity index (χ0v) is 15.1. The Bertz CT molecular complexity index is 644. The van der Waals surface area contributed by atoms with Crippen LogP contribution in [0.2, 0.25) is 0 Å². The van der Waals surface area contributed by atoms with Gasteiger partial charge in [0.1, 0.15) is 18.3 Å². The van der Waals surface area contributed by atoms with Gasteiger partial charge in [-0.15, -0.1) is 0 Å². The Morgan fingerprint density at radius 3 is 2.73 bits per heavy atom. The van der Waals surface area contributed by atoms with Crippen molar-refractivity contribution in [2.24, 2.45) is 17.3 Å². The van der Waals surface area contributed by atoms with Crippen LogP contribution in [0.5, 0.6) is 0 Å². The van der Waals surface area contributed by atoms with Gasteiger partial charge in [-0.05, 0) is 49.4 Å². The number of amides is 1. The molecule has 4 aliphatic rings. The topological polar surface area (TPSA) is 82.4 Å². The second-order valence-corrected chi connectivity index (χ2v) is 8.50. The average molecular weight is 363 g/mol. The summed E-state index contributed by atoms with van der Waals surface area (Å²) in [5, 5.41) is 12.5. The fourth-order valence-corrected chi connectivity index (χ4v) is 5.81. The highest BCUT2D eigenvalue weighted by Crippen LogP contribution is 2.67. The quantitative estimate of drug-likeness (QED) is 0.767. The predicted octanol–water partition coefficient (Wildman–Crippen LogP) is 1.55. The molecule has 4 fully saturated rings. The third-order valence-corrected chi connectivity index (χ3v) is 7.00. The van der Waals surface area contributed by atoms with Gasteiger partial charge in [-0.3, -0.25) is 9.59 Å². The molecule has 1 amide bonds. The van der Waals surface area contributed by atoms with Gasteiger partial charge < -0.3 is 15.0 Å². The minimum Gasteiger partial charge on any atom is -0.463 e. The molecule has 0 bridgehead atoms. The lowest BCUT2D eigenvalue weighted by Crippen LogP contribution is -2.45. The summed E-state index contributed by atoms with van der Waals surface area (Å²) in [5.41, 5.74) is 0.238. The molecule has 26 heavy (non-hydrogen) atoms. The molecule has 6 atom stereocenters. The number of hydrogen-bond acceptors (Lipinski definition) is 5. The van der Waals surface area contributed by atoms with Gasteiger partial charge in [-0.25, -0.2) is 4.39 Å². The number of nitrogens with zero attached hydrogens (tertiary/aromatic N) is 2. The summed E-state index contributed by atoms with van der Waals surface area (Å²) in [4.78, 5) is 25.0. The summed E-state index contributed by atoms with van der Waals surface area (Å²) in [5.74, 6) is 0.725. The van der Waals surface area contributed by atoms with Gasteiger partial charge >= 0.3 is 5.97 Å². The van der Waals surface area contributed by atoms with Crippen LogP contribution in [-0.4, -0.2) is 54.2 Å². The zero-order valence-electron chi connectivity index (χ0n) is 15.1. The summed E-state index contributed by atoms with van der Waals surface area (Å²) in [6.07, 6.45) is 4.24. The molecule has 3 aliphatic carbocycles. The van der Waals surface area contributed by atoms with Gasteiger partial charge in [-0.2, -0.15) is 5.26 Å². The number of alkyl halides is 1. The average Bonchev–Trinajstić information content (AvgIpc) is 3.04. The molecule has 142 valence electrons. The van der Waals surface area contributed by atoms with Gasteiger partial charge in [0.25, 0.3) is 0 Å². The van der Waals surface area contributed by atoms with Crippen LogP contribution < -0.4 is 5.32 Å². The lowest BCUT2D eigenvalue weighted by molar-refractivity contribution is -0.146. The molecule has 7 heteroatoms. The van der Waals surface area contributed by atoms with Gasteiger partial charge in [0.05, 0.1) is 19.2 Å². The molecule has 0 aromatic carbocycles. The smallest absolute Gasteiger partial charge is 0.302 e. The number of hydrogen-bond donors (Lipinski definition) is 1. The van der Waals surface area contributed by atoms with E-state index in [-0.39, 0.29) is 42.9 Å². The van der Waals surface area contributed by atoms with Gasteiger partial charge in [-0.1, -0.05) is 0 Å². The molecule has 3 saturated carbocycles. The highest BCUT2D eigenvalue weighted by Gasteiger charge is 2.64. The minimum atomic E-state index is -1.09. The molecule has 1 aliphatic heterocycles. The Hall–Kier alpha value is -1.68. The molecule has 1 saturated heterocycles. The lowest BCUT2D eigenvalue weighted by Gasteiger charge is -2.27. The van der Waals surface area contributed by atoms with E-state index >= 15 is 0 Å². The maximum absolute atomic E-state index is 13.5. The number of esters is 1. The fourth-order valence-electron chi connectivity index (χ4n) is 5.81. The third kappa shape index (κ3) is 2.98. The van der Waals surface area contributed by atoms with Crippen molar-refractivity contribution in [2.75, 3.05) is 13.1 Å². The Morgan fingerprint density at radius 2 is 2.08 bits per heavy atom. The van der Waals surface area contributed by atoms with Crippen molar-refractivity contribution in [3.05, 3.63) is 0 Å². The molecule has 1 heterocycles. The van der Waals surface area contributed by atoms with E-state index in [1.54, 1.807) is 0 Å². The lowest BCUT2D eigenvalue weighted by atomic mass is 9.87. The Labute approximate surface area is 153 Å². The number of likely N-dealkylation sites (tertiary alicyclic amines) is 1. The third-order valence-electron chi connectivity index (χ3n) is 7.00. The molecule has 1 N–H and O–H groups in total. The molecule has 0 radical (unpaired) electrons. The first-order valence-electron chi connectivity index (χ1n) is 9.66. The number of nitrogens with one attached hydrogen (secondary N) is 1. The van der Waals surface area contributed by atoms with Gasteiger partial charge in [0.2, 0.25) is 5.91 Å². The summed E-state index contributed by atoms with van der Waals surface area (Å²) < 4.78 is 18.9. The van der Waals surface area contributed by atoms with Crippen LogP contribution in [0.15, 0.2) is 0 Å². The van der Waals surface area contributed by atoms with E-state index in [0.717, 1.165) is 32.1 Å². The van der Waals surface area contributed by atoms with Crippen LogP contribution in [0, 0.1) is 28.6 Å². The standard InChI is InChI=1S/C19H26FN3O3/c1-11(24)26-15-4-12-5-17(19(2-3-19)16(12)7-15)22-9-18(25)23-10-13(20)6-14(23)8-21/h12-17,22H,2-7,9-10H2,1H3/t12-,13+,14+,15-,16-,17-/m1/s1. The largest absolute Gasteiger partial charge is 0.463 e. The van der Waals surface area contributed by atoms with Crippen LogP contribution >= 0.6 is 0 Å². The number of nitriles is 1. The Balaban J connectivity index is 1.33. The van der Waals surface area contributed by atoms with Crippen LogP contribution in [0.4, 0.5) is 4.39 Å². The van der Waals surface area contributed by atoms with Crippen LogP contribution in [0.1, 0.15) is 45.4 Å². The maximum atomic E-state index is 13.5. The van der Waals surface area contributed by atoms with Crippen molar-refractivity contribution in [1.29, 1.82) is 5.26 Å². The molecular weight excluding hydrogens is 337 g/mol. The highest BCUT2D eigenvalue weighted by atomic mass is 19.1. The van der Waals surface area contributed by atoms with E-state index in [2.05, 4.69) is 5.32 Å². The number of halogens is 1. The summed E-state index contributed by atoms with van der Waals surface area (Å²) in [6.45, 7) is 1.67. The van der Waals surface area contributed by atoms with E-state index in [4.69, 9.17) is 10.00 Å². The number of carbonyl (C=O) groups excluding carboxylic acids is 2. The van der Waals surface area contributed by atoms with Gasteiger partial charge in [0, 0.05) is 19.4 Å². The fraction of sp³-hybridized carbons (Fsp3) is 0.842. The first kappa shape index (κ1) is 17.7. The molecule has 0 aromatic heterocycles. The van der Waals surface area contributed by atoms with Crippen LogP contribution in [-0.2, 0) is 14.3 Å². The van der Waals surface area contributed by atoms with Crippen molar-refractivity contribution in [3.63, 3.8) is 0 Å². The molecular formula is C19H26FN3O3. The second kappa shape index (κ2) is 6.49. The number of fused-ring (bicyclic) bond motifs is 2. The van der Waals surface area contributed by atoms with Crippen LogP contribution in [0.25, 0.3) is 0 Å². The monoisotopic (exact) mass is 363 g/mol. The summed E-state index contributed by atoms with van der Waals surface area (Å²) in [7, 11) is 0. The van der Waals surface area contributed by atoms with Crippen molar-refractivity contribution >= 4 is 11.9 Å². The SMILES string of the molecule is CC(=O)O[C@@H]1C[C@@H]2C[C@@H](NCC(=O)N3C[C@@H](F)C[C@H]3C#N)C3(CC3)[C@@H]2C1. The molecule has 0 aromatic rings. The van der Waals surface area contributed by atoms with Crippen LogP contribution in [0.3, 0.4) is 0 Å². The van der Waals surface area contributed by atoms with E-state index in [1.807, 2.05) is 6.07 Å². The predicted molar refractivity (Wildman–Crippen MR) is 90.5 cm³/mol. The number of ether oxygens (including phenoxy) is 1. The Morgan fingerprint density at radius 1 is 1.31 bits per heavy atom. The van der Waals surface area contributed by atoms with Crippen molar-refractivity contribution < 1.29 is 18.7 Å². The molecule has 0 unspecified atom stereocenters. The molecule has 6 nitrogen and oxygen atoms in total. The highest BCUT2D eigenvalue weighted by molar-refractivity contribution is 5.79. The maximum Gasteiger partial charge on any atom is 0.302 e. The minimum absolute atomic E-state index is 0.0316.